The molecule has 28 heavy (non-hydrogen) atoms. The smallest absolute Gasteiger partial charge is 0.219 e. The number of aryl methyl sites for hydroxylation is 1. The largest absolute Gasteiger partial charge is 0.473 e. The zero-order chi connectivity index (χ0) is 19.9. The highest BCUT2D eigenvalue weighted by Crippen LogP contribution is 2.19. The first kappa shape index (κ1) is 20.5. The number of nitrogens with zero attached hydrogens (tertiary/aromatic N) is 6. The minimum atomic E-state index is 0.0578. The van der Waals surface area contributed by atoms with Crippen LogP contribution in [0.2, 0.25) is 0 Å². The van der Waals surface area contributed by atoms with Crippen molar-refractivity contribution < 1.29 is 4.74 Å². The molecule has 7 nitrogen and oxygen atoms in total. The van der Waals surface area contributed by atoms with E-state index in [-0.39, 0.29) is 6.10 Å². The summed E-state index contributed by atoms with van der Waals surface area (Å²) in [4.78, 5) is 13.8. The van der Waals surface area contributed by atoms with Crippen molar-refractivity contribution in [2.75, 3.05) is 33.7 Å². The van der Waals surface area contributed by atoms with Crippen LogP contribution in [0.15, 0.2) is 37.2 Å². The Morgan fingerprint density at radius 2 is 2.14 bits per heavy atom. The topological polar surface area (TPSA) is 59.3 Å². The molecule has 3 heterocycles. The molecule has 7 heteroatoms. The zero-order valence-corrected chi connectivity index (χ0v) is 17.3. The second kappa shape index (κ2) is 9.80. The first-order valence-electron chi connectivity index (χ1n) is 10.1. The molecule has 2 aromatic rings. The van der Waals surface area contributed by atoms with Gasteiger partial charge in [-0.25, -0.2) is 9.67 Å². The van der Waals surface area contributed by atoms with E-state index in [9.17, 15) is 0 Å². The summed E-state index contributed by atoms with van der Waals surface area (Å²) in [7, 11) is 4.40. The van der Waals surface area contributed by atoms with Gasteiger partial charge in [0.25, 0.3) is 0 Å². The molecule has 0 radical (unpaired) electrons. The number of allylic oxidation sites excluding steroid dienone is 1. The van der Waals surface area contributed by atoms with E-state index in [2.05, 4.69) is 45.5 Å². The summed E-state index contributed by atoms with van der Waals surface area (Å²) < 4.78 is 8.05. The van der Waals surface area contributed by atoms with Crippen LogP contribution < -0.4 is 4.74 Å². The van der Waals surface area contributed by atoms with Crippen LogP contribution in [0.3, 0.4) is 0 Å². The van der Waals surface area contributed by atoms with E-state index in [1.54, 1.807) is 10.9 Å². The van der Waals surface area contributed by atoms with Crippen molar-refractivity contribution >= 4 is 0 Å². The predicted molar refractivity (Wildman–Crippen MR) is 111 cm³/mol. The van der Waals surface area contributed by atoms with E-state index in [0.29, 0.717) is 17.7 Å². The monoisotopic (exact) mass is 384 g/mol. The van der Waals surface area contributed by atoms with Crippen LogP contribution in [0.1, 0.15) is 31.5 Å². The van der Waals surface area contributed by atoms with E-state index >= 15 is 0 Å². The lowest BCUT2D eigenvalue weighted by atomic mass is 10.0. The fourth-order valence-electron chi connectivity index (χ4n) is 3.68. The van der Waals surface area contributed by atoms with Crippen molar-refractivity contribution in [2.45, 2.75) is 44.8 Å². The molecule has 0 unspecified atom stereocenters. The third-order valence-electron chi connectivity index (χ3n) is 5.32. The van der Waals surface area contributed by atoms with Crippen LogP contribution in [-0.4, -0.2) is 75.4 Å². The highest BCUT2D eigenvalue weighted by molar-refractivity contribution is 5.27. The molecule has 152 valence electrons. The zero-order valence-electron chi connectivity index (χ0n) is 17.3. The van der Waals surface area contributed by atoms with Gasteiger partial charge in [-0.2, -0.15) is 10.1 Å². The molecule has 1 atom stereocenters. The highest BCUT2D eigenvalue weighted by Gasteiger charge is 2.23. The lowest BCUT2D eigenvalue weighted by molar-refractivity contribution is 0.0850. The van der Waals surface area contributed by atoms with Crippen molar-refractivity contribution in [1.29, 1.82) is 0 Å². The number of rotatable bonds is 9. The molecule has 1 aliphatic rings. The van der Waals surface area contributed by atoms with Crippen LogP contribution in [0.25, 0.3) is 5.82 Å². The third-order valence-corrected chi connectivity index (χ3v) is 5.32. The molecule has 0 N–H and O–H groups in total. The average molecular weight is 385 g/mol. The van der Waals surface area contributed by atoms with Crippen molar-refractivity contribution in [1.82, 2.24) is 29.5 Å². The van der Waals surface area contributed by atoms with Gasteiger partial charge in [-0.15, -0.1) is 6.58 Å². The van der Waals surface area contributed by atoms with Crippen LogP contribution >= 0.6 is 0 Å². The van der Waals surface area contributed by atoms with Gasteiger partial charge in [0, 0.05) is 31.0 Å². The van der Waals surface area contributed by atoms with E-state index in [4.69, 9.17) is 4.74 Å². The number of aromatic nitrogens is 4. The number of hydrogen-bond acceptors (Lipinski definition) is 6. The normalized spacial score (nSPS) is 17.0. The molecule has 0 spiro atoms. The highest BCUT2D eigenvalue weighted by atomic mass is 16.5. The number of likely N-dealkylation sites (tertiary alicyclic amines) is 1. The fourth-order valence-corrected chi connectivity index (χ4v) is 3.68. The molecule has 0 bridgehead atoms. The van der Waals surface area contributed by atoms with E-state index < -0.39 is 0 Å². The fraction of sp³-hybridized carbons (Fsp3) is 0.571. The molecule has 2 aromatic heterocycles. The Kier molecular flexibility index (Phi) is 7.17. The number of ether oxygens (including phenoxy) is 1. The average Bonchev–Trinajstić information content (AvgIpc) is 3.21. The molecule has 0 aromatic carbocycles. The quantitative estimate of drug-likeness (QED) is 0.620. The van der Waals surface area contributed by atoms with Gasteiger partial charge in [-0.05, 0) is 65.9 Å². The summed E-state index contributed by atoms with van der Waals surface area (Å²) in [5.74, 6) is 2.00. The van der Waals surface area contributed by atoms with Gasteiger partial charge in [0.15, 0.2) is 5.82 Å². The first-order valence-corrected chi connectivity index (χ1v) is 10.1. The van der Waals surface area contributed by atoms with Gasteiger partial charge in [0.05, 0.1) is 0 Å². The minimum absolute atomic E-state index is 0.0578. The molecule has 0 amide bonds. The Bertz CT molecular complexity index is 739. The van der Waals surface area contributed by atoms with Gasteiger partial charge < -0.3 is 9.64 Å². The van der Waals surface area contributed by atoms with E-state index in [0.717, 1.165) is 38.3 Å². The molecule has 1 fully saturated rings. The Morgan fingerprint density at radius 1 is 1.36 bits per heavy atom. The summed E-state index contributed by atoms with van der Waals surface area (Å²) in [5.41, 5.74) is 0. The summed E-state index contributed by atoms with van der Waals surface area (Å²) in [6, 6.07) is 4.34. The third kappa shape index (κ3) is 5.62. The van der Waals surface area contributed by atoms with Gasteiger partial charge in [-0.3, -0.25) is 4.90 Å². The molecule has 0 saturated carbocycles. The summed E-state index contributed by atoms with van der Waals surface area (Å²) in [6.45, 7) is 8.94. The molecular weight excluding hydrogens is 352 g/mol. The Labute approximate surface area is 168 Å². The van der Waals surface area contributed by atoms with Gasteiger partial charge in [0.2, 0.25) is 5.88 Å². The summed E-state index contributed by atoms with van der Waals surface area (Å²) in [6.07, 6.45) is 9.86. The summed E-state index contributed by atoms with van der Waals surface area (Å²) in [5, 5.41) is 4.26. The van der Waals surface area contributed by atoms with Crippen molar-refractivity contribution in [3.8, 4) is 11.7 Å². The molecule has 0 aliphatic carbocycles. The first-order chi connectivity index (χ1) is 13.5. The standard InChI is InChI=1S/C21H32N6O/c1-5-6-8-19(16-26(4)18-9-13-25(3)14-10-18)28-21-15-20(23-17(2)24-21)27-12-7-11-22-27/h5,7,11-12,15,18-19H,1,6,8-10,13-14,16H2,2-4H3/t19-/m1/s1. The van der Waals surface area contributed by atoms with Crippen molar-refractivity contribution in [3.05, 3.63) is 43.0 Å². The second-order valence-corrected chi connectivity index (χ2v) is 7.64. The number of hydrogen-bond donors (Lipinski definition) is 0. The van der Waals surface area contributed by atoms with Crippen molar-refractivity contribution in [2.24, 2.45) is 0 Å². The SMILES string of the molecule is C=CCC[C@H](CN(C)C1CCN(C)CC1)Oc1cc(-n2cccn2)nc(C)n1. The van der Waals surface area contributed by atoms with Crippen LogP contribution in [0.5, 0.6) is 5.88 Å². The summed E-state index contributed by atoms with van der Waals surface area (Å²) >= 11 is 0. The van der Waals surface area contributed by atoms with E-state index in [1.807, 2.05) is 31.3 Å². The maximum atomic E-state index is 6.33. The Hall–Kier alpha value is -2.25. The Balaban J connectivity index is 1.69. The minimum Gasteiger partial charge on any atom is -0.473 e. The molecule has 3 rings (SSSR count). The van der Waals surface area contributed by atoms with Gasteiger partial charge in [0.1, 0.15) is 11.9 Å². The van der Waals surface area contributed by atoms with Gasteiger partial charge in [-0.1, -0.05) is 6.08 Å². The lowest BCUT2D eigenvalue weighted by Gasteiger charge is -2.36. The molecular formula is C21H32N6O. The Morgan fingerprint density at radius 3 is 2.82 bits per heavy atom. The second-order valence-electron chi connectivity index (χ2n) is 7.64. The van der Waals surface area contributed by atoms with Gasteiger partial charge >= 0.3 is 0 Å². The number of likely N-dealkylation sites (N-methyl/N-ethyl adjacent to an activating group) is 1. The van der Waals surface area contributed by atoms with Crippen LogP contribution in [-0.2, 0) is 0 Å². The number of piperidine rings is 1. The van der Waals surface area contributed by atoms with Crippen LogP contribution in [0.4, 0.5) is 0 Å². The molecule has 1 aliphatic heterocycles. The van der Waals surface area contributed by atoms with Crippen molar-refractivity contribution in [3.63, 3.8) is 0 Å². The maximum absolute atomic E-state index is 6.33. The van der Waals surface area contributed by atoms with Crippen LogP contribution in [0, 0.1) is 6.92 Å². The predicted octanol–water partition coefficient (Wildman–Crippen LogP) is 2.71. The maximum Gasteiger partial charge on any atom is 0.219 e. The lowest BCUT2D eigenvalue weighted by Crippen LogP contribution is -2.45. The van der Waals surface area contributed by atoms with E-state index in [1.165, 1.54) is 12.8 Å². The molecule has 1 saturated heterocycles.